The van der Waals surface area contributed by atoms with E-state index in [9.17, 15) is 9.59 Å². The Hall–Kier alpha value is -1.10. The fourth-order valence-corrected chi connectivity index (χ4v) is 2.69. The van der Waals surface area contributed by atoms with Crippen LogP contribution in [0.5, 0.6) is 0 Å². The molecule has 0 spiro atoms. The lowest BCUT2D eigenvalue weighted by molar-refractivity contribution is -0.126. The predicted molar refractivity (Wildman–Crippen MR) is 80.4 cm³/mol. The summed E-state index contributed by atoms with van der Waals surface area (Å²) < 4.78 is 0. The Kier molecular flexibility index (Phi) is 7.59. The summed E-state index contributed by atoms with van der Waals surface area (Å²) in [5.41, 5.74) is 0. The Labute approximate surface area is 122 Å². The maximum Gasteiger partial charge on any atom is 0.224 e. The molecule has 0 saturated carbocycles. The fourth-order valence-electron chi connectivity index (χ4n) is 2.69. The molecular formula is C15H29N3O2. The monoisotopic (exact) mass is 283 g/mol. The van der Waals surface area contributed by atoms with Gasteiger partial charge >= 0.3 is 0 Å². The zero-order valence-electron chi connectivity index (χ0n) is 13.2. The van der Waals surface area contributed by atoms with Gasteiger partial charge in [0.25, 0.3) is 0 Å². The van der Waals surface area contributed by atoms with Gasteiger partial charge in [0, 0.05) is 26.4 Å². The van der Waals surface area contributed by atoms with E-state index in [-0.39, 0.29) is 17.9 Å². The number of likely N-dealkylation sites (tertiary alicyclic amines) is 1. The highest BCUT2D eigenvalue weighted by Crippen LogP contribution is 2.08. The van der Waals surface area contributed by atoms with Crippen molar-refractivity contribution < 1.29 is 9.59 Å². The second kappa shape index (κ2) is 8.95. The van der Waals surface area contributed by atoms with Crippen molar-refractivity contribution in [2.45, 2.75) is 52.0 Å². The molecule has 1 saturated heterocycles. The first-order valence-electron chi connectivity index (χ1n) is 7.82. The van der Waals surface area contributed by atoms with E-state index in [1.54, 1.807) is 11.9 Å². The standard InChI is InChI=1S/C15H29N3O2/c1-4-8-18(9-5-2)10-6-7-14(19)16-13-11-15(20)17(3)12-13/h13H,4-12H2,1-3H3,(H,16,19). The lowest BCUT2D eigenvalue weighted by atomic mass is 10.2. The quantitative estimate of drug-likeness (QED) is 0.692. The van der Waals surface area contributed by atoms with Crippen LogP contribution in [0.25, 0.3) is 0 Å². The topological polar surface area (TPSA) is 52.7 Å². The van der Waals surface area contributed by atoms with E-state index < -0.39 is 0 Å². The maximum absolute atomic E-state index is 11.9. The summed E-state index contributed by atoms with van der Waals surface area (Å²) in [6, 6.07) is 0.00221. The summed E-state index contributed by atoms with van der Waals surface area (Å²) in [4.78, 5) is 27.3. The van der Waals surface area contributed by atoms with Crippen LogP contribution in [0.3, 0.4) is 0 Å². The normalized spacial score (nSPS) is 18.9. The molecule has 0 aliphatic carbocycles. The Morgan fingerprint density at radius 2 is 1.95 bits per heavy atom. The molecule has 2 amide bonds. The molecule has 0 aromatic rings. The minimum atomic E-state index is 0.00221. The van der Waals surface area contributed by atoms with Crippen LogP contribution in [0.1, 0.15) is 46.0 Å². The molecule has 1 aliphatic heterocycles. The molecule has 1 unspecified atom stereocenters. The summed E-state index contributed by atoms with van der Waals surface area (Å²) in [6.07, 6.45) is 4.20. The Bertz CT molecular complexity index is 314. The van der Waals surface area contributed by atoms with Crippen molar-refractivity contribution in [2.75, 3.05) is 33.2 Å². The van der Waals surface area contributed by atoms with Gasteiger partial charge in [-0.3, -0.25) is 9.59 Å². The number of rotatable bonds is 9. The second-order valence-corrected chi connectivity index (χ2v) is 5.69. The first kappa shape index (κ1) is 17.0. The zero-order valence-corrected chi connectivity index (χ0v) is 13.2. The fraction of sp³-hybridized carbons (Fsp3) is 0.867. The van der Waals surface area contributed by atoms with Crippen molar-refractivity contribution in [3.05, 3.63) is 0 Å². The van der Waals surface area contributed by atoms with Gasteiger partial charge in [-0.1, -0.05) is 13.8 Å². The van der Waals surface area contributed by atoms with Crippen molar-refractivity contribution >= 4 is 11.8 Å². The van der Waals surface area contributed by atoms with Gasteiger partial charge in [-0.2, -0.15) is 0 Å². The number of carbonyl (C=O) groups excluding carboxylic acids is 2. The van der Waals surface area contributed by atoms with Crippen molar-refractivity contribution in [1.29, 1.82) is 0 Å². The van der Waals surface area contributed by atoms with Crippen molar-refractivity contribution in [2.24, 2.45) is 0 Å². The second-order valence-electron chi connectivity index (χ2n) is 5.69. The van der Waals surface area contributed by atoms with Gasteiger partial charge in [-0.05, 0) is 38.9 Å². The van der Waals surface area contributed by atoms with E-state index in [0.717, 1.165) is 38.9 Å². The molecular weight excluding hydrogens is 254 g/mol. The van der Waals surface area contributed by atoms with Gasteiger partial charge in [-0.15, -0.1) is 0 Å². The zero-order chi connectivity index (χ0) is 15.0. The van der Waals surface area contributed by atoms with E-state index in [4.69, 9.17) is 0 Å². The Morgan fingerprint density at radius 3 is 2.45 bits per heavy atom. The van der Waals surface area contributed by atoms with E-state index in [1.807, 2.05) is 0 Å². The Morgan fingerprint density at radius 1 is 1.30 bits per heavy atom. The predicted octanol–water partition coefficient (Wildman–Crippen LogP) is 1.24. The summed E-state index contributed by atoms with van der Waals surface area (Å²) in [5, 5.41) is 2.96. The molecule has 1 heterocycles. The molecule has 1 atom stereocenters. The van der Waals surface area contributed by atoms with Gasteiger partial charge < -0.3 is 15.1 Å². The molecule has 0 bridgehead atoms. The first-order valence-corrected chi connectivity index (χ1v) is 7.82. The molecule has 5 heteroatoms. The van der Waals surface area contributed by atoms with Crippen LogP contribution in [0.15, 0.2) is 0 Å². The van der Waals surface area contributed by atoms with Gasteiger partial charge in [0.2, 0.25) is 11.8 Å². The van der Waals surface area contributed by atoms with Crippen molar-refractivity contribution in [3.63, 3.8) is 0 Å². The number of likely N-dealkylation sites (N-methyl/N-ethyl adjacent to an activating group) is 1. The third-order valence-corrected chi connectivity index (χ3v) is 3.66. The molecule has 1 aliphatic rings. The van der Waals surface area contributed by atoms with Crippen LogP contribution in [0.2, 0.25) is 0 Å². The summed E-state index contributed by atoms with van der Waals surface area (Å²) in [5.74, 6) is 0.193. The molecule has 1 fully saturated rings. The van der Waals surface area contributed by atoms with E-state index in [2.05, 4.69) is 24.1 Å². The smallest absolute Gasteiger partial charge is 0.224 e. The lowest BCUT2D eigenvalue weighted by Crippen LogP contribution is -2.37. The number of amides is 2. The minimum absolute atomic E-state index is 0.00221. The number of hydrogen-bond acceptors (Lipinski definition) is 3. The number of nitrogens with one attached hydrogen (secondary N) is 1. The highest BCUT2D eigenvalue weighted by molar-refractivity contribution is 5.81. The maximum atomic E-state index is 11.9. The largest absolute Gasteiger partial charge is 0.351 e. The van der Waals surface area contributed by atoms with Crippen LogP contribution >= 0.6 is 0 Å². The van der Waals surface area contributed by atoms with Crippen LogP contribution < -0.4 is 5.32 Å². The average Bonchev–Trinajstić information content (AvgIpc) is 2.68. The molecule has 0 aromatic carbocycles. The lowest BCUT2D eigenvalue weighted by Gasteiger charge is -2.20. The van der Waals surface area contributed by atoms with E-state index >= 15 is 0 Å². The van der Waals surface area contributed by atoms with Crippen molar-refractivity contribution in [3.8, 4) is 0 Å². The molecule has 1 N–H and O–H groups in total. The molecule has 20 heavy (non-hydrogen) atoms. The minimum Gasteiger partial charge on any atom is -0.351 e. The summed E-state index contributed by atoms with van der Waals surface area (Å²) >= 11 is 0. The third-order valence-electron chi connectivity index (χ3n) is 3.66. The first-order chi connectivity index (χ1) is 9.56. The molecule has 5 nitrogen and oxygen atoms in total. The molecule has 1 rings (SSSR count). The summed E-state index contributed by atoms with van der Waals surface area (Å²) in [7, 11) is 1.78. The van der Waals surface area contributed by atoms with Gasteiger partial charge in [0.15, 0.2) is 0 Å². The van der Waals surface area contributed by atoms with Crippen LogP contribution in [0, 0.1) is 0 Å². The third kappa shape index (κ3) is 5.90. The molecule has 0 radical (unpaired) electrons. The number of hydrogen-bond donors (Lipinski definition) is 1. The SMILES string of the molecule is CCCN(CCC)CCCC(=O)NC1CC(=O)N(C)C1. The van der Waals surface area contributed by atoms with Crippen LogP contribution in [0.4, 0.5) is 0 Å². The number of nitrogens with zero attached hydrogens (tertiary/aromatic N) is 2. The van der Waals surface area contributed by atoms with E-state index in [0.29, 0.717) is 19.4 Å². The number of carbonyl (C=O) groups is 2. The van der Waals surface area contributed by atoms with Gasteiger partial charge in [0.1, 0.15) is 0 Å². The van der Waals surface area contributed by atoms with Crippen LogP contribution in [-0.4, -0.2) is 60.9 Å². The highest BCUT2D eigenvalue weighted by Gasteiger charge is 2.27. The molecule has 116 valence electrons. The Balaban J connectivity index is 2.18. The summed E-state index contributed by atoms with van der Waals surface area (Å²) in [6.45, 7) is 8.21. The van der Waals surface area contributed by atoms with Gasteiger partial charge in [0.05, 0.1) is 6.04 Å². The van der Waals surface area contributed by atoms with Gasteiger partial charge in [-0.25, -0.2) is 0 Å². The highest BCUT2D eigenvalue weighted by atomic mass is 16.2. The van der Waals surface area contributed by atoms with E-state index in [1.165, 1.54) is 0 Å². The molecule has 0 aromatic heterocycles. The van der Waals surface area contributed by atoms with Crippen LogP contribution in [-0.2, 0) is 9.59 Å². The average molecular weight is 283 g/mol. The van der Waals surface area contributed by atoms with Crippen molar-refractivity contribution in [1.82, 2.24) is 15.1 Å².